The van der Waals surface area contributed by atoms with Crippen molar-refractivity contribution in [1.29, 1.82) is 0 Å². The quantitative estimate of drug-likeness (QED) is 0.537. The predicted octanol–water partition coefficient (Wildman–Crippen LogP) is 4.12. The fourth-order valence-corrected chi connectivity index (χ4v) is 4.89. The maximum Gasteiger partial charge on any atom is 0.259 e. The van der Waals surface area contributed by atoms with Crippen molar-refractivity contribution in [3.8, 4) is 23.0 Å². The summed E-state index contributed by atoms with van der Waals surface area (Å²) in [6.07, 6.45) is 8.62. The molecule has 33 heavy (non-hydrogen) atoms. The van der Waals surface area contributed by atoms with E-state index in [1.165, 1.54) is 12.8 Å². The van der Waals surface area contributed by atoms with Gasteiger partial charge in [0.05, 0.1) is 30.8 Å². The molecule has 2 fully saturated rings. The minimum atomic E-state index is -0.328. The van der Waals surface area contributed by atoms with Crippen molar-refractivity contribution in [2.45, 2.75) is 37.5 Å². The third-order valence-corrected chi connectivity index (χ3v) is 6.68. The third kappa shape index (κ3) is 4.17. The predicted molar refractivity (Wildman–Crippen MR) is 121 cm³/mol. The van der Waals surface area contributed by atoms with E-state index in [1.807, 2.05) is 23.1 Å². The Kier molecular flexibility index (Phi) is 5.74. The van der Waals surface area contributed by atoms with Gasteiger partial charge in [-0.05, 0) is 49.4 Å². The van der Waals surface area contributed by atoms with E-state index in [0.29, 0.717) is 47.8 Å². The Morgan fingerprint density at radius 3 is 2.82 bits per heavy atom. The normalized spacial score (nSPS) is 20.5. The molecule has 0 N–H and O–H groups in total. The number of carbonyl (C=O) groups excluding carboxylic acids is 1. The number of pyridine rings is 1. The van der Waals surface area contributed by atoms with Crippen LogP contribution >= 0.6 is 0 Å². The number of amides is 1. The second-order valence-electron chi connectivity index (χ2n) is 8.96. The van der Waals surface area contributed by atoms with Crippen LogP contribution in [0.5, 0.6) is 11.5 Å². The molecule has 8 heteroatoms. The first-order valence-corrected chi connectivity index (χ1v) is 11.4. The van der Waals surface area contributed by atoms with Gasteiger partial charge in [-0.25, -0.2) is 0 Å². The number of para-hydroxylation sites is 1. The van der Waals surface area contributed by atoms with Crippen LogP contribution in [0.2, 0.25) is 0 Å². The number of nitrogens with zero attached hydrogens (tertiary/aromatic N) is 4. The highest BCUT2D eigenvalue weighted by molar-refractivity contribution is 5.98. The standard InChI is InChI=1S/C25H28N4O4/c1-31-20-8-3-7-19(21(20)32-2)23(30)29-13-5-11-25(16-29,14-17-9-10-17)24-27-22(33-28-24)18-6-4-12-26-15-18/h3-4,6-8,12,15,17H,5,9-11,13-14,16H2,1-2H3. The van der Waals surface area contributed by atoms with Crippen molar-refractivity contribution >= 4 is 5.91 Å². The first kappa shape index (κ1) is 21.4. The lowest BCUT2D eigenvalue weighted by Gasteiger charge is -2.41. The summed E-state index contributed by atoms with van der Waals surface area (Å²) in [7, 11) is 3.13. The van der Waals surface area contributed by atoms with Crippen LogP contribution in [0.1, 0.15) is 48.3 Å². The summed E-state index contributed by atoms with van der Waals surface area (Å²) in [5.41, 5.74) is 0.969. The Morgan fingerprint density at radius 1 is 1.21 bits per heavy atom. The highest BCUT2D eigenvalue weighted by Gasteiger charge is 2.46. The molecule has 1 aromatic carbocycles. The fraction of sp³-hybridized carbons (Fsp3) is 0.440. The van der Waals surface area contributed by atoms with Crippen LogP contribution in [0.25, 0.3) is 11.5 Å². The molecular weight excluding hydrogens is 420 g/mol. The van der Waals surface area contributed by atoms with Gasteiger partial charge >= 0.3 is 0 Å². The molecule has 3 aromatic rings. The lowest BCUT2D eigenvalue weighted by molar-refractivity contribution is 0.0603. The van der Waals surface area contributed by atoms with Crippen LogP contribution in [0.4, 0.5) is 0 Å². The van der Waals surface area contributed by atoms with E-state index < -0.39 is 0 Å². The summed E-state index contributed by atoms with van der Waals surface area (Å²) in [5, 5.41) is 4.40. The number of rotatable bonds is 7. The molecule has 8 nitrogen and oxygen atoms in total. The van der Waals surface area contributed by atoms with Crippen LogP contribution in [0, 0.1) is 5.92 Å². The van der Waals surface area contributed by atoms with Crippen LogP contribution in [0.3, 0.4) is 0 Å². The van der Waals surface area contributed by atoms with Gasteiger partial charge in [-0.15, -0.1) is 0 Å². The monoisotopic (exact) mass is 448 g/mol. The number of piperidine rings is 1. The van der Waals surface area contributed by atoms with Crippen molar-refractivity contribution in [3.05, 3.63) is 54.1 Å². The number of methoxy groups -OCH3 is 2. The van der Waals surface area contributed by atoms with Gasteiger partial charge < -0.3 is 18.9 Å². The second kappa shape index (κ2) is 8.84. The zero-order chi connectivity index (χ0) is 22.8. The molecule has 2 aliphatic rings. The number of likely N-dealkylation sites (tertiary alicyclic amines) is 1. The number of hydrogen-bond donors (Lipinski definition) is 0. The summed E-state index contributed by atoms with van der Waals surface area (Å²) >= 11 is 0. The Hall–Kier alpha value is -3.42. The molecule has 1 atom stereocenters. The van der Waals surface area contributed by atoms with Crippen molar-refractivity contribution in [2.75, 3.05) is 27.3 Å². The lowest BCUT2D eigenvalue weighted by Crippen LogP contribution is -2.49. The van der Waals surface area contributed by atoms with Crippen LogP contribution in [-0.4, -0.2) is 53.2 Å². The molecule has 3 heterocycles. The molecule has 5 rings (SSSR count). The summed E-state index contributed by atoms with van der Waals surface area (Å²) in [5.74, 6) is 2.73. The molecule has 1 aliphatic heterocycles. The van der Waals surface area contributed by atoms with E-state index >= 15 is 0 Å². The summed E-state index contributed by atoms with van der Waals surface area (Å²) in [6, 6.07) is 9.15. The SMILES string of the molecule is COc1cccc(C(=O)N2CCCC(CC3CC3)(c3noc(-c4cccnc4)n3)C2)c1OC. The van der Waals surface area contributed by atoms with E-state index in [4.69, 9.17) is 19.0 Å². The molecular formula is C25H28N4O4. The van der Waals surface area contributed by atoms with Crippen LogP contribution in [0.15, 0.2) is 47.2 Å². The zero-order valence-corrected chi connectivity index (χ0v) is 19.0. The number of ether oxygens (including phenoxy) is 2. The molecule has 0 radical (unpaired) electrons. The van der Waals surface area contributed by atoms with E-state index in [0.717, 1.165) is 24.8 Å². The number of aromatic nitrogens is 3. The Morgan fingerprint density at radius 2 is 2.09 bits per heavy atom. The molecule has 0 bridgehead atoms. The highest BCUT2D eigenvalue weighted by Crippen LogP contribution is 2.46. The van der Waals surface area contributed by atoms with Gasteiger partial charge in [-0.2, -0.15) is 4.98 Å². The van der Waals surface area contributed by atoms with Gasteiger partial charge in [-0.3, -0.25) is 9.78 Å². The molecule has 1 saturated carbocycles. The maximum absolute atomic E-state index is 13.6. The topological polar surface area (TPSA) is 90.6 Å². The van der Waals surface area contributed by atoms with Crippen LogP contribution < -0.4 is 9.47 Å². The molecule has 1 saturated heterocycles. The smallest absolute Gasteiger partial charge is 0.259 e. The van der Waals surface area contributed by atoms with Crippen molar-refractivity contribution in [1.82, 2.24) is 20.0 Å². The highest BCUT2D eigenvalue weighted by atomic mass is 16.5. The van der Waals surface area contributed by atoms with E-state index in [9.17, 15) is 4.79 Å². The number of benzene rings is 1. The second-order valence-corrected chi connectivity index (χ2v) is 8.96. The molecule has 1 unspecified atom stereocenters. The molecule has 0 spiro atoms. The Bertz CT molecular complexity index is 1130. The zero-order valence-electron chi connectivity index (χ0n) is 19.0. The average molecular weight is 449 g/mol. The van der Waals surface area contributed by atoms with Crippen LogP contribution in [-0.2, 0) is 5.41 Å². The van der Waals surface area contributed by atoms with Crippen molar-refractivity contribution < 1.29 is 18.8 Å². The van der Waals surface area contributed by atoms with Gasteiger partial charge in [0.25, 0.3) is 11.8 Å². The third-order valence-electron chi connectivity index (χ3n) is 6.68. The Balaban J connectivity index is 1.46. The average Bonchev–Trinajstić information content (AvgIpc) is 3.53. The molecule has 1 aliphatic carbocycles. The minimum absolute atomic E-state index is 0.0680. The first-order valence-electron chi connectivity index (χ1n) is 11.4. The van der Waals surface area contributed by atoms with Crippen molar-refractivity contribution in [3.63, 3.8) is 0 Å². The van der Waals surface area contributed by atoms with Gasteiger partial charge in [-0.1, -0.05) is 24.1 Å². The van der Waals surface area contributed by atoms with E-state index in [2.05, 4.69) is 10.1 Å². The van der Waals surface area contributed by atoms with Gasteiger partial charge in [0.2, 0.25) is 0 Å². The molecule has 2 aromatic heterocycles. The molecule has 1 amide bonds. The minimum Gasteiger partial charge on any atom is -0.493 e. The van der Waals surface area contributed by atoms with Gasteiger partial charge in [0, 0.05) is 25.5 Å². The van der Waals surface area contributed by atoms with Crippen molar-refractivity contribution in [2.24, 2.45) is 5.92 Å². The van der Waals surface area contributed by atoms with E-state index in [1.54, 1.807) is 38.7 Å². The maximum atomic E-state index is 13.6. The largest absolute Gasteiger partial charge is 0.493 e. The summed E-state index contributed by atoms with van der Waals surface area (Å²) < 4.78 is 16.6. The molecule has 172 valence electrons. The van der Waals surface area contributed by atoms with Gasteiger partial charge in [0.15, 0.2) is 17.3 Å². The fourth-order valence-electron chi connectivity index (χ4n) is 4.89. The van der Waals surface area contributed by atoms with Gasteiger partial charge in [0.1, 0.15) is 0 Å². The Labute approximate surface area is 192 Å². The first-order chi connectivity index (χ1) is 16.1. The lowest BCUT2D eigenvalue weighted by atomic mass is 9.74. The summed E-state index contributed by atoms with van der Waals surface area (Å²) in [6.45, 7) is 1.23. The number of carbonyl (C=O) groups is 1. The number of hydrogen-bond acceptors (Lipinski definition) is 7. The van der Waals surface area contributed by atoms with E-state index in [-0.39, 0.29) is 11.3 Å². The summed E-state index contributed by atoms with van der Waals surface area (Å²) in [4.78, 5) is 24.5.